The van der Waals surface area contributed by atoms with E-state index in [0.717, 1.165) is 29.3 Å². The van der Waals surface area contributed by atoms with E-state index >= 15 is 0 Å². The van der Waals surface area contributed by atoms with Gasteiger partial charge in [-0.25, -0.2) is 4.39 Å². The van der Waals surface area contributed by atoms with E-state index in [-0.39, 0.29) is 30.2 Å². The molecule has 21 heavy (non-hydrogen) atoms. The molecular weight excluding hydrogens is 311 g/mol. The van der Waals surface area contributed by atoms with E-state index in [4.69, 9.17) is 5.73 Å². The summed E-state index contributed by atoms with van der Waals surface area (Å²) in [5.74, 6) is -0.414. The maximum absolute atomic E-state index is 13.1. The van der Waals surface area contributed by atoms with Crippen molar-refractivity contribution < 1.29 is 9.18 Å². The molecule has 0 aliphatic rings. The van der Waals surface area contributed by atoms with Crippen molar-refractivity contribution in [3.8, 4) is 0 Å². The molecule has 0 radical (unpaired) electrons. The number of carbonyl (C=O) groups is 1. The topological polar surface area (TPSA) is 55.1 Å². The van der Waals surface area contributed by atoms with Gasteiger partial charge < -0.3 is 11.1 Å². The SMILES string of the molecule is CCCCC(CN)NC(=O)c1cc2cc(F)ccc2s1.Cl. The Labute approximate surface area is 134 Å². The molecule has 0 saturated heterocycles. The third kappa shape index (κ3) is 4.66. The lowest BCUT2D eigenvalue weighted by atomic mass is 10.1. The number of rotatable bonds is 6. The molecule has 2 rings (SSSR count). The molecule has 0 saturated carbocycles. The minimum absolute atomic E-state index is 0. The fraction of sp³-hybridized carbons (Fsp3) is 0.400. The first-order valence-electron chi connectivity index (χ1n) is 6.84. The summed E-state index contributed by atoms with van der Waals surface area (Å²) in [7, 11) is 0. The average molecular weight is 331 g/mol. The summed E-state index contributed by atoms with van der Waals surface area (Å²) in [5, 5.41) is 3.71. The van der Waals surface area contributed by atoms with Gasteiger partial charge in [0.25, 0.3) is 5.91 Å². The van der Waals surface area contributed by atoms with E-state index in [1.807, 2.05) is 0 Å². The summed E-state index contributed by atoms with van der Waals surface area (Å²) in [6.45, 7) is 2.54. The molecule has 0 aliphatic heterocycles. The highest BCUT2D eigenvalue weighted by atomic mass is 35.5. The number of benzene rings is 1. The molecule has 3 nitrogen and oxygen atoms in total. The third-order valence-electron chi connectivity index (χ3n) is 3.23. The molecule has 0 aliphatic carbocycles. The van der Waals surface area contributed by atoms with Crippen LogP contribution in [0.4, 0.5) is 4.39 Å². The first-order chi connectivity index (χ1) is 9.63. The molecule has 0 spiro atoms. The minimum Gasteiger partial charge on any atom is -0.347 e. The highest BCUT2D eigenvalue weighted by Crippen LogP contribution is 2.26. The monoisotopic (exact) mass is 330 g/mol. The lowest BCUT2D eigenvalue weighted by Crippen LogP contribution is -2.39. The van der Waals surface area contributed by atoms with E-state index in [2.05, 4.69) is 12.2 Å². The normalized spacial score (nSPS) is 12.0. The van der Waals surface area contributed by atoms with Crippen LogP contribution in [-0.2, 0) is 0 Å². The van der Waals surface area contributed by atoms with Crippen LogP contribution in [0, 0.1) is 5.82 Å². The van der Waals surface area contributed by atoms with E-state index in [9.17, 15) is 9.18 Å². The molecule has 2 aromatic rings. The van der Waals surface area contributed by atoms with Gasteiger partial charge in [-0.3, -0.25) is 4.79 Å². The van der Waals surface area contributed by atoms with E-state index in [1.54, 1.807) is 12.1 Å². The largest absolute Gasteiger partial charge is 0.347 e. The molecule has 0 bridgehead atoms. The number of unbranched alkanes of at least 4 members (excludes halogenated alkanes) is 1. The van der Waals surface area contributed by atoms with Crippen molar-refractivity contribution in [2.75, 3.05) is 6.54 Å². The maximum atomic E-state index is 13.1. The summed E-state index contributed by atoms with van der Waals surface area (Å²) in [6, 6.07) is 6.28. The number of carbonyl (C=O) groups excluding carboxylic acids is 1. The van der Waals surface area contributed by atoms with Gasteiger partial charge in [0.05, 0.1) is 4.88 Å². The Bertz CT molecular complexity index is 602. The second-order valence-electron chi connectivity index (χ2n) is 4.84. The molecule has 1 aromatic carbocycles. The third-order valence-corrected chi connectivity index (χ3v) is 4.34. The van der Waals surface area contributed by atoms with E-state index < -0.39 is 0 Å². The van der Waals surface area contributed by atoms with Crippen LogP contribution in [0.15, 0.2) is 24.3 Å². The molecule has 1 heterocycles. The molecule has 3 N–H and O–H groups in total. The van der Waals surface area contributed by atoms with E-state index in [0.29, 0.717) is 11.4 Å². The van der Waals surface area contributed by atoms with Crippen LogP contribution >= 0.6 is 23.7 Å². The van der Waals surface area contributed by atoms with Crippen molar-refractivity contribution in [2.24, 2.45) is 5.73 Å². The van der Waals surface area contributed by atoms with Crippen LogP contribution in [0.5, 0.6) is 0 Å². The Kier molecular flexibility index (Phi) is 7.08. The van der Waals surface area contributed by atoms with Gasteiger partial charge in [0, 0.05) is 17.3 Å². The Morgan fingerprint density at radius 2 is 2.19 bits per heavy atom. The number of nitrogens with two attached hydrogens (primary N) is 1. The van der Waals surface area contributed by atoms with Crippen molar-refractivity contribution in [1.82, 2.24) is 5.32 Å². The highest BCUT2D eigenvalue weighted by Gasteiger charge is 2.14. The number of fused-ring (bicyclic) bond motifs is 1. The molecule has 1 unspecified atom stereocenters. The highest BCUT2D eigenvalue weighted by molar-refractivity contribution is 7.20. The number of hydrogen-bond acceptors (Lipinski definition) is 3. The Hall–Kier alpha value is -1.17. The predicted octanol–water partition coefficient (Wildman–Crippen LogP) is 3.71. The number of nitrogens with one attached hydrogen (secondary N) is 1. The number of hydrogen-bond donors (Lipinski definition) is 2. The van der Waals surface area contributed by atoms with Crippen LogP contribution in [0.1, 0.15) is 35.9 Å². The van der Waals surface area contributed by atoms with Gasteiger partial charge in [-0.05, 0) is 36.1 Å². The Balaban J connectivity index is 0.00000220. The zero-order valence-corrected chi connectivity index (χ0v) is 13.5. The zero-order valence-electron chi connectivity index (χ0n) is 11.9. The van der Waals surface area contributed by atoms with Crippen LogP contribution in [0.3, 0.4) is 0 Å². The van der Waals surface area contributed by atoms with Gasteiger partial charge in [-0.1, -0.05) is 19.8 Å². The van der Waals surface area contributed by atoms with Crippen molar-refractivity contribution in [3.05, 3.63) is 35.0 Å². The molecule has 0 fully saturated rings. The predicted molar refractivity (Wildman–Crippen MR) is 88.9 cm³/mol. The summed E-state index contributed by atoms with van der Waals surface area (Å²) in [6.07, 6.45) is 3.01. The molecular formula is C15H20ClFN2OS. The van der Waals surface area contributed by atoms with Crippen molar-refractivity contribution in [3.63, 3.8) is 0 Å². The van der Waals surface area contributed by atoms with Gasteiger partial charge in [-0.15, -0.1) is 23.7 Å². The maximum Gasteiger partial charge on any atom is 0.261 e. The summed E-state index contributed by atoms with van der Waals surface area (Å²) in [5.41, 5.74) is 5.67. The quantitative estimate of drug-likeness (QED) is 0.848. The molecule has 116 valence electrons. The lowest BCUT2D eigenvalue weighted by molar-refractivity contribution is 0.0940. The second kappa shape index (κ2) is 8.32. The van der Waals surface area contributed by atoms with Gasteiger partial charge in [0.15, 0.2) is 0 Å². The van der Waals surface area contributed by atoms with Crippen molar-refractivity contribution in [1.29, 1.82) is 0 Å². The van der Waals surface area contributed by atoms with Crippen LogP contribution < -0.4 is 11.1 Å². The second-order valence-corrected chi connectivity index (χ2v) is 5.92. The number of halogens is 2. The van der Waals surface area contributed by atoms with Crippen LogP contribution in [0.2, 0.25) is 0 Å². The van der Waals surface area contributed by atoms with E-state index in [1.165, 1.54) is 23.5 Å². The van der Waals surface area contributed by atoms with Gasteiger partial charge in [0.2, 0.25) is 0 Å². The Morgan fingerprint density at radius 1 is 1.43 bits per heavy atom. The Morgan fingerprint density at radius 3 is 2.86 bits per heavy atom. The van der Waals surface area contributed by atoms with Crippen LogP contribution in [0.25, 0.3) is 10.1 Å². The van der Waals surface area contributed by atoms with Crippen molar-refractivity contribution >= 4 is 39.7 Å². The first kappa shape index (κ1) is 17.9. The fourth-order valence-electron chi connectivity index (χ4n) is 2.08. The number of amides is 1. The smallest absolute Gasteiger partial charge is 0.261 e. The summed E-state index contributed by atoms with van der Waals surface area (Å²) >= 11 is 1.37. The zero-order chi connectivity index (χ0) is 14.5. The van der Waals surface area contributed by atoms with Gasteiger partial charge in [-0.2, -0.15) is 0 Å². The number of thiophene rings is 1. The van der Waals surface area contributed by atoms with Gasteiger partial charge in [0.1, 0.15) is 5.82 Å². The summed E-state index contributed by atoms with van der Waals surface area (Å²) < 4.78 is 14.1. The van der Waals surface area contributed by atoms with Crippen molar-refractivity contribution in [2.45, 2.75) is 32.2 Å². The molecule has 6 heteroatoms. The molecule has 1 aromatic heterocycles. The lowest BCUT2D eigenvalue weighted by Gasteiger charge is -2.15. The average Bonchev–Trinajstić information content (AvgIpc) is 2.86. The standard InChI is InChI=1S/C15H19FN2OS.ClH/c1-2-3-4-12(9-17)18-15(19)14-8-10-7-11(16)5-6-13(10)20-14;/h5-8,12H,2-4,9,17H2,1H3,(H,18,19);1H. The summed E-state index contributed by atoms with van der Waals surface area (Å²) in [4.78, 5) is 12.8. The minimum atomic E-state index is -0.287. The first-order valence-corrected chi connectivity index (χ1v) is 7.65. The molecule has 1 amide bonds. The fourth-order valence-corrected chi connectivity index (χ4v) is 3.03. The van der Waals surface area contributed by atoms with Gasteiger partial charge >= 0.3 is 0 Å². The molecule has 1 atom stereocenters. The van der Waals surface area contributed by atoms with Crippen LogP contribution in [-0.4, -0.2) is 18.5 Å².